The van der Waals surface area contributed by atoms with Crippen molar-refractivity contribution < 1.29 is 5.11 Å². The zero-order chi connectivity index (χ0) is 9.42. The third-order valence-electron chi connectivity index (χ3n) is 3.09. The van der Waals surface area contributed by atoms with Gasteiger partial charge in [0, 0.05) is 0 Å². The monoisotopic (exact) mass is 176 g/mol. The van der Waals surface area contributed by atoms with Gasteiger partial charge < -0.3 is 5.11 Å². The zero-order valence-electron chi connectivity index (χ0n) is 8.20. The molecule has 0 aromatic heterocycles. The van der Waals surface area contributed by atoms with Crippen LogP contribution in [0.25, 0.3) is 0 Å². The Morgan fingerprint density at radius 2 is 2.00 bits per heavy atom. The van der Waals surface area contributed by atoms with E-state index in [0.29, 0.717) is 11.8 Å². The molecule has 1 aromatic carbocycles. The smallest absolute Gasteiger partial charge is 0.0826 e. The van der Waals surface area contributed by atoms with E-state index in [-0.39, 0.29) is 6.10 Å². The first kappa shape index (κ1) is 8.76. The molecule has 0 saturated heterocycles. The van der Waals surface area contributed by atoms with Gasteiger partial charge >= 0.3 is 0 Å². The topological polar surface area (TPSA) is 20.2 Å². The van der Waals surface area contributed by atoms with Crippen LogP contribution < -0.4 is 0 Å². The van der Waals surface area contributed by atoms with Crippen LogP contribution in [0.5, 0.6) is 0 Å². The van der Waals surface area contributed by atoms with Gasteiger partial charge in [0.25, 0.3) is 0 Å². The van der Waals surface area contributed by atoms with Crippen molar-refractivity contribution in [3.8, 4) is 0 Å². The van der Waals surface area contributed by atoms with Crippen LogP contribution in [-0.2, 0) is 6.42 Å². The summed E-state index contributed by atoms with van der Waals surface area (Å²) in [4.78, 5) is 0. The summed E-state index contributed by atoms with van der Waals surface area (Å²) in [5.74, 6) is 0.972. The van der Waals surface area contributed by atoms with Gasteiger partial charge in [-0.25, -0.2) is 0 Å². The average Bonchev–Trinajstić information content (AvgIpc) is 2.45. The minimum atomic E-state index is -0.240. The summed E-state index contributed by atoms with van der Waals surface area (Å²) in [5, 5.41) is 10.0. The van der Waals surface area contributed by atoms with Crippen molar-refractivity contribution in [3.05, 3.63) is 35.4 Å². The quantitative estimate of drug-likeness (QED) is 0.697. The number of aliphatic hydroxyl groups is 1. The molecule has 0 unspecified atom stereocenters. The largest absolute Gasteiger partial charge is 0.388 e. The first-order valence-corrected chi connectivity index (χ1v) is 4.96. The molecule has 2 atom stereocenters. The summed E-state index contributed by atoms with van der Waals surface area (Å²) in [6, 6.07) is 8.22. The second-order valence-electron chi connectivity index (χ2n) is 4.26. The maximum Gasteiger partial charge on any atom is 0.0826 e. The van der Waals surface area contributed by atoms with E-state index in [4.69, 9.17) is 0 Å². The Bertz CT molecular complexity index is 304. The van der Waals surface area contributed by atoms with Gasteiger partial charge in [0.1, 0.15) is 0 Å². The lowest BCUT2D eigenvalue weighted by Crippen LogP contribution is -2.13. The number of fused-ring (bicyclic) bond motifs is 1. The Hall–Kier alpha value is -0.820. The van der Waals surface area contributed by atoms with Crippen molar-refractivity contribution in [2.45, 2.75) is 26.4 Å². The first-order chi connectivity index (χ1) is 6.20. The van der Waals surface area contributed by atoms with Crippen molar-refractivity contribution in [1.29, 1.82) is 0 Å². The molecule has 2 rings (SSSR count). The van der Waals surface area contributed by atoms with Crippen LogP contribution in [-0.4, -0.2) is 5.11 Å². The van der Waals surface area contributed by atoms with Crippen LogP contribution in [0.2, 0.25) is 0 Å². The van der Waals surface area contributed by atoms with Crippen molar-refractivity contribution >= 4 is 0 Å². The minimum Gasteiger partial charge on any atom is -0.388 e. The van der Waals surface area contributed by atoms with Crippen LogP contribution in [0.15, 0.2) is 24.3 Å². The van der Waals surface area contributed by atoms with Gasteiger partial charge in [-0.15, -0.1) is 0 Å². The van der Waals surface area contributed by atoms with Crippen molar-refractivity contribution in [2.24, 2.45) is 11.8 Å². The normalized spacial score (nSPS) is 26.5. The zero-order valence-corrected chi connectivity index (χ0v) is 8.20. The van der Waals surface area contributed by atoms with Crippen LogP contribution >= 0.6 is 0 Å². The van der Waals surface area contributed by atoms with E-state index in [1.165, 1.54) is 5.56 Å². The van der Waals surface area contributed by atoms with Gasteiger partial charge in [0.2, 0.25) is 0 Å². The van der Waals surface area contributed by atoms with Gasteiger partial charge in [0.15, 0.2) is 0 Å². The van der Waals surface area contributed by atoms with Gasteiger partial charge in [-0.05, 0) is 29.4 Å². The summed E-state index contributed by atoms with van der Waals surface area (Å²) in [7, 11) is 0. The maximum absolute atomic E-state index is 10.0. The molecule has 1 N–H and O–H groups in total. The van der Waals surface area contributed by atoms with E-state index in [1.54, 1.807) is 0 Å². The van der Waals surface area contributed by atoms with Crippen molar-refractivity contribution in [1.82, 2.24) is 0 Å². The maximum atomic E-state index is 10.0. The highest BCUT2D eigenvalue weighted by atomic mass is 16.3. The number of hydrogen-bond donors (Lipinski definition) is 1. The Morgan fingerprint density at radius 3 is 2.62 bits per heavy atom. The lowest BCUT2D eigenvalue weighted by molar-refractivity contribution is 0.0968. The molecule has 0 fully saturated rings. The molecule has 1 aromatic rings. The Labute approximate surface area is 79.4 Å². The van der Waals surface area contributed by atoms with E-state index in [2.05, 4.69) is 19.9 Å². The van der Waals surface area contributed by atoms with Gasteiger partial charge in [0.05, 0.1) is 6.10 Å². The predicted octanol–water partition coefficient (Wildman–Crippen LogP) is 2.55. The third kappa shape index (κ3) is 1.37. The Kier molecular flexibility index (Phi) is 2.12. The summed E-state index contributed by atoms with van der Waals surface area (Å²) in [6.45, 7) is 4.36. The fourth-order valence-electron chi connectivity index (χ4n) is 2.21. The number of aliphatic hydroxyl groups excluding tert-OH is 1. The summed E-state index contributed by atoms with van der Waals surface area (Å²) in [6.07, 6.45) is 0.797. The van der Waals surface area contributed by atoms with E-state index < -0.39 is 0 Å². The molecule has 0 heterocycles. The highest BCUT2D eigenvalue weighted by molar-refractivity contribution is 5.34. The lowest BCUT2D eigenvalue weighted by Gasteiger charge is -2.18. The summed E-state index contributed by atoms with van der Waals surface area (Å²) < 4.78 is 0. The second kappa shape index (κ2) is 3.15. The highest BCUT2D eigenvalue weighted by Gasteiger charge is 2.32. The van der Waals surface area contributed by atoms with E-state index in [0.717, 1.165) is 12.0 Å². The second-order valence-corrected chi connectivity index (χ2v) is 4.26. The molecule has 0 amide bonds. The average molecular weight is 176 g/mol. The standard InChI is InChI=1S/C12H16O/c1-8(2)11-7-9-5-3-4-6-10(9)12(11)13/h3-6,8,11-13H,7H2,1-2H3/t11-,12-/m1/s1. The highest BCUT2D eigenvalue weighted by Crippen LogP contribution is 2.39. The molecular formula is C12H16O. The molecule has 1 nitrogen and oxygen atoms in total. The van der Waals surface area contributed by atoms with Crippen LogP contribution in [0.1, 0.15) is 31.1 Å². The first-order valence-electron chi connectivity index (χ1n) is 4.96. The molecule has 0 saturated carbocycles. The predicted molar refractivity (Wildman–Crippen MR) is 53.4 cm³/mol. The van der Waals surface area contributed by atoms with Gasteiger partial charge in [-0.2, -0.15) is 0 Å². The molecule has 13 heavy (non-hydrogen) atoms. The third-order valence-corrected chi connectivity index (χ3v) is 3.09. The number of rotatable bonds is 1. The molecular weight excluding hydrogens is 160 g/mol. The molecule has 1 heteroatoms. The Morgan fingerprint density at radius 1 is 1.31 bits per heavy atom. The summed E-state index contributed by atoms with van der Waals surface area (Å²) >= 11 is 0. The fourth-order valence-corrected chi connectivity index (χ4v) is 2.21. The van der Waals surface area contributed by atoms with Crippen LogP contribution in [0, 0.1) is 11.8 Å². The Balaban J connectivity index is 2.32. The lowest BCUT2D eigenvalue weighted by atomic mass is 9.91. The fraction of sp³-hybridized carbons (Fsp3) is 0.500. The molecule has 0 radical (unpaired) electrons. The minimum absolute atomic E-state index is 0.240. The molecule has 0 bridgehead atoms. The van der Waals surface area contributed by atoms with Crippen molar-refractivity contribution in [3.63, 3.8) is 0 Å². The van der Waals surface area contributed by atoms with E-state index in [9.17, 15) is 5.11 Å². The molecule has 0 aliphatic heterocycles. The summed E-state index contributed by atoms with van der Waals surface area (Å²) in [5.41, 5.74) is 2.47. The van der Waals surface area contributed by atoms with Crippen LogP contribution in [0.3, 0.4) is 0 Å². The van der Waals surface area contributed by atoms with E-state index in [1.807, 2.05) is 18.2 Å². The van der Waals surface area contributed by atoms with E-state index >= 15 is 0 Å². The number of benzene rings is 1. The van der Waals surface area contributed by atoms with Gasteiger partial charge in [-0.1, -0.05) is 38.1 Å². The van der Waals surface area contributed by atoms with Gasteiger partial charge in [-0.3, -0.25) is 0 Å². The molecule has 1 aliphatic rings. The number of hydrogen-bond acceptors (Lipinski definition) is 1. The molecule has 0 spiro atoms. The molecule has 1 aliphatic carbocycles. The SMILES string of the molecule is CC(C)[C@H]1Cc2ccccc2[C@H]1O. The van der Waals surface area contributed by atoms with Crippen molar-refractivity contribution in [2.75, 3.05) is 0 Å². The molecule has 70 valence electrons. The van der Waals surface area contributed by atoms with Crippen LogP contribution in [0.4, 0.5) is 0 Å².